The fraction of sp³-hybridized carbons (Fsp3) is 0.864. The fourth-order valence-corrected chi connectivity index (χ4v) is 3.92. The quantitative estimate of drug-likeness (QED) is 0.0754. The van der Waals surface area contributed by atoms with Crippen molar-refractivity contribution in [3.63, 3.8) is 0 Å². The summed E-state index contributed by atoms with van der Waals surface area (Å²) in [7, 11) is 0. The third-order valence-corrected chi connectivity index (χ3v) is 6.13. The zero-order valence-corrected chi connectivity index (χ0v) is 21.5. The van der Waals surface area contributed by atoms with Crippen molar-refractivity contribution in [3.05, 3.63) is 0 Å². The Balaban J connectivity index is 1.67. The van der Waals surface area contributed by atoms with E-state index in [9.17, 15) is 55.2 Å². The van der Waals surface area contributed by atoms with Gasteiger partial charge in [-0.2, -0.15) is 0 Å². The standard InChI is InChI=1S/C22H38N3O15/c26-4-3-25(7-13(29)23-1-5-37-21-19(35)17(33)15(31)11(9-27)39-21)8-14(30)24-2-6-38-22-20(36)18(34)16(32)12(10-28)40-22/h11-12,15-22,27-28,31-36H,1-3,5-10H2,(H,23,29)(H,24,30)/t11-,12-,15-,16-,17+,18+,19+,20+,21+,22+/m1/s1. The first-order valence-electron chi connectivity index (χ1n) is 12.5. The molecule has 2 rings (SSSR count). The molecule has 0 bridgehead atoms. The van der Waals surface area contributed by atoms with Crippen LogP contribution in [0.5, 0.6) is 0 Å². The van der Waals surface area contributed by atoms with Crippen LogP contribution in [0.4, 0.5) is 0 Å². The van der Waals surface area contributed by atoms with Crippen LogP contribution in [0.2, 0.25) is 0 Å². The Morgan fingerprint density at radius 1 is 0.700 bits per heavy atom. The van der Waals surface area contributed by atoms with Gasteiger partial charge in [0, 0.05) is 13.1 Å². The van der Waals surface area contributed by atoms with Crippen LogP contribution in [0.3, 0.4) is 0 Å². The number of rotatable bonds is 16. The SMILES string of the molecule is O=[C]CN(CC(=O)NCCO[C@H]1O[C@H](CO)[C@@H](O)[C@H](O)[C@@H]1O)CC(=O)NCCO[C@H]1O[C@H](CO)[C@@H](O)[C@H](O)[C@@H]1O. The van der Waals surface area contributed by atoms with Gasteiger partial charge < -0.3 is 70.4 Å². The third-order valence-electron chi connectivity index (χ3n) is 6.13. The highest BCUT2D eigenvalue weighted by atomic mass is 16.7. The maximum absolute atomic E-state index is 12.2. The number of hydrogen-bond donors (Lipinski definition) is 10. The highest BCUT2D eigenvalue weighted by molar-refractivity contribution is 5.81. The first-order valence-corrected chi connectivity index (χ1v) is 12.5. The number of aliphatic hydroxyl groups excluding tert-OH is 8. The van der Waals surface area contributed by atoms with Gasteiger partial charge in [-0.1, -0.05) is 0 Å². The van der Waals surface area contributed by atoms with E-state index in [1.54, 1.807) is 6.29 Å². The van der Waals surface area contributed by atoms with E-state index in [1.807, 2.05) is 0 Å². The molecule has 18 heteroatoms. The number of hydrogen-bond acceptors (Lipinski definition) is 16. The van der Waals surface area contributed by atoms with E-state index in [4.69, 9.17) is 18.9 Å². The summed E-state index contributed by atoms with van der Waals surface area (Å²) in [6.07, 6.45) is -12.9. The summed E-state index contributed by atoms with van der Waals surface area (Å²) in [6, 6.07) is 0. The lowest BCUT2D eigenvalue weighted by Gasteiger charge is -2.39. The molecule has 2 saturated heterocycles. The summed E-state index contributed by atoms with van der Waals surface area (Å²) in [4.78, 5) is 36.5. The van der Waals surface area contributed by atoms with Crippen molar-refractivity contribution in [2.45, 2.75) is 61.4 Å². The number of carbonyl (C=O) groups is 2. The molecule has 231 valence electrons. The Morgan fingerprint density at radius 3 is 1.45 bits per heavy atom. The molecular formula is C22H38N3O15. The lowest BCUT2D eigenvalue weighted by Crippen LogP contribution is -2.59. The van der Waals surface area contributed by atoms with Gasteiger partial charge >= 0.3 is 0 Å². The molecular weight excluding hydrogens is 546 g/mol. The van der Waals surface area contributed by atoms with Crippen molar-refractivity contribution in [3.8, 4) is 0 Å². The Hall–Kier alpha value is -1.91. The number of nitrogens with one attached hydrogen (secondary N) is 2. The summed E-state index contributed by atoms with van der Waals surface area (Å²) >= 11 is 0. The van der Waals surface area contributed by atoms with Crippen LogP contribution in [0.15, 0.2) is 0 Å². The van der Waals surface area contributed by atoms with E-state index < -0.39 is 86.4 Å². The minimum Gasteiger partial charge on any atom is -0.394 e. The van der Waals surface area contributed by atoms with Crippen LogP contribution < -0.4 is 10.6 Å². The van der Waals surface area contributed by atoms with Crippen molar-refractivity contribution in [2.24, 2.45) is 0 Å². The first-order chi connectivity index (χ1) is 19.0. The highest BCUT2D eigenvalue weighted by Gasteiger charge is 2.45. The molecule has 0 aromatic rings. The maximum atomic E-state index is 12.2. The van der Waals surface area contributed by atoms with E-state index >= 15 is 0 Å². The zero-order valence-electron chi connectivity index (χ0n) is 21.5. The minimum absolute atomic E-state index is 0.0754. The molecule has 2 amide bonds. The topological polar surface area (TPSA) is 277 Å². The van der Waals surface area contributed by atoms with E-state index in [-0.39, 0.29) is 45.9 Å². The number of ether oxygens (including phenoxy) is 4. The molecule has 0 aromatic carbocycles. The Bertz CT molecular complexity index is 733. The molecule has 2 aliphatic heterocycles. The fourth-order valence-electron chi connectivity index (χ4n) is 3.92. The molecule has 2 fully saturated rings. The van der Waals surface area contributed by atoms with Crippen molar-refractivity contribution < 1.29 is 74.2 Å². The van der Waals surface area contributed by atoms with Crippen LogP contribution >= 0.6 is 0 Å². The molecule has 10 atom stereocenters. The largest absolute Gasteiger partial charge is 0.394 e. The molecule has 1 radical (unpaired) electrons. The second-order valence-corrected chi connectivity index (χ2v) is 9.13. The molecule has 2 aliphatic rings. The lowest BCUT2D eigenvalue weighted by molar-refractivity contribution is -0.300. The number of nitrogens with zero attached hydrogens (tertiary/aromatic N) is 1. The van der Waals surface area contributed by atoms with Crippen molar-refractivity contribution >= 4 is 18.1 Å². The second kappa shape index (κ2) is 17.1. The molecule has 2 heterocycles. The maximum Gasteiger partial charge on any atom is 0.234 e. The molecule has 0 aromatic heterocycles. The third kappa shape index (κ3) is 9.87. The van der Waals surface area contributed by atoms with Crippen LogP contribution in [0.25, 0.3) is 0 Å². The molecule has 10 N–H and O–H groups in total. The summed E-state index contributed by atoms with van der Waals surface area (Å²) < 4.78 is 20.9. The predicted octanol–water partition coefficient (Wildman–Crippen LogP) is -7.74. The Kier molecular flexibility index (Phi) is 14.7. The summed E-state index contributed by atoms with van der Waals surface area (Å²) in [6.45, 7) is -2.82. The molecule has 0 aliphatic carbocycles. The van der Waals surface area contributed by atoms with Gasteiger partial charge in [-0.3, -0.25) is 19.3 Å². The van der Waals surface area contributed by atoms with Gasteiger partial charge in [0.2, 0.25) is 18.1 Å². The smallest absolute Gasteiger partial charge is 0.234 e. The van der Waals surface area contributed by atoms with Crippen molar-refractivity contribution in [1.82, 2.24) is 15.5 Å². The summed E-state index contributed by atoms with van der Waals surface area (Å²) in [5, 5.41) is 82.2. The van der Waals surface area contributed by atoms with E-state index in [0.717, 1.165) is 0 Å². The second-order valence-electron chi connectivity index (χ2n) is 9.13. The Labute approximate surface area is 229 Å². The van der Waals surface area contributed by atoms with Crippen LogP contribution in [0.1, 0.15) is 0 Å². The lowest BCUT2D eigenvalue weighted by atomic mass is 9.99. The van der Waals surface area contributed by atoms with Crippen LogP contribution in [0, 0.1) is 0 Å². The van der Waals surface area contributed by atoms with Gasteiger partial charge in [0.1, 0.15) is 48.8 Å². The highest BCUT2D eigenvalue weighted by Crippen LogP contribution is 2.22. The van der Waals surface area contributed by atoms with Gasteiger partial charge in [0.25, 0.3) is 0 Å². The van der Waals surface area contributed by atoms with Crippen LogP contribution in [-0.2, 0) is 33.3 Å². The van der Waals surface area contributed by atoms with E-state index in [0.29, 0.717) is 0 Å². The number of carbonyl (C=O) groups excluding carboxylic acids is 3. The monoisotopic (exact) mass is 584 g/mol. The van der Waals surface area contributed by atoms with Crippen LogP contribution in [-0.4, -0.2) is 184 Å². The van der Waals surface area contributed by atoms with Gasteiger partial charge in [0.15, 0.2) is 12.6 Å². The normalized spacial score (nSPS) is 34.4. The molecule has 0 spiro atoms. The first kappa shape index (κ1) is 34.3. The summed E-state index contributed by atoms with van der Waals surface area (Å²) in [5.41, 5.74) is 0. The van der Waals surface area contributed by atoms with Crippen molar-refractivity contribution in [2.75, 3.05) is 59.2 Å². The molecule has 18 nitrogen and oxygen atoms in total. The molecule has 0 saturated carbocycles. The average Bonchev–Trinajstić information content (AvgIpc) is 2.93. The van der Waals surface area contributed by atoms with E-state index in [1.165, 1.54) is 4.90 Å². The Morgan fingerprint density at radius 2 is 1.10 bits per heavy atom. The average molecular weight is 585 g/mol. The van der Waals surface area contributed by atoms with Crippen molar-refractivity contribution in [1.29, 1.82) is 0 Å². The van der Waals surface area contributed by atoms with Gasteiger partial charge in [-0.05, 0) is 0 Å². The predicted molar refractivity (Wildman–Crippen MR) is 128 cm³/mol. The van der Waals surface area contributed by atoms with Gasteiger partial charge in [-0.25, -0.2) is 0 Å². The van der Waals surface area contributed by atoms with E-state index in [2.05, 4.69) is 10.6 Å². The molecule has 40 heavy (non-hydrogen) atoms. The minimum atomic E-state index is -1.61. The zero-order chi connectivity index (χ0) is 29.8. The number of aliphatic hydroxyl groups is 8. The van der Waals surface area contributed by atoms with Gasteiger partial charge in [-0.15, -0.1) is 0 Å². The number of amides is 2. The van der Waals surface area contributed by atoms with Gasteiger partial charge in [0.05, 0.1) is 46.1 Å². The molecule has 0 unspecified atom stereocenters. The summed E-state index contributed by atoms with van der Waals surface area (Å²) in [5.74, 6) is -1.15.